The number of para-hydroxylation sites is 1. The van der Waals surface area contributed by atoms with Gasteiger partial charge in [0.05, 0.1) is 27.2 Å². The molecule has 0 bridgehead atoms. The molecule has 0 fully saturated rings. The minimum atomic E-state index is -0.386. The van der Waals surface area contributed by atoms with E-state index in [2.05, 4.69) is 6.07 Å². The molecule has 3 rings (SSSR count). The van der Waals surface area contributed by atoms with Gasteiger partial charge in [0.2, 0.25) is 11.6 Å². The molecule has 2 aromatic rings. The Balaban J connectivity index is 2.26. The van der Waals surface area contributed by atoms with E-state index in [-0.39, 0.29) is 11.8 Å². The number of nitrogens with zero attached hydrogens (tertiary/aromatic N) is 1. The molecule has 1 atom stereocenters. The standard InChI is InChI=1S/C19H18N2O4/c1-22-15-8-11(9-16(23-2)18(15)24-3)17-12-6-4-5-7-14(12)25-19(21)13(17)10-20/h4-9,17H,21H2,1-3H3/t17-/m0/s1. The van der Waals surface area contributed by atoms with Gasteiger partial charge in [0.25, 0.3) is 0 Å². The van der Waals surface area contributed by atoms with Crippen molar-refractivity contribution >= 4 is 0 Å². The van der Waals surface area contributed by atoms with Crippen molar-refractivity contribution in [3.63, 3.8) is 0 Å². The van der Waals surface area contributed by atoms with Crippen molar-refractivity contribution in [1.29, 1.82) is 5.26 Å². The molecule has 25 heavy (non-hydrogen) atoms. The van der Waals surface area contributed by atoms with Gasteiger partial charge in [0.15, 0.2) is 11.5 Å². The van der Waals surface area contributed by atoms with Crippen LogP contribution in [0.5, 0.6) is 23.0 Å². The number of rotatable bonds is 4. The Labute approximate surface area is 146 Å². The lowest BCUT2D eigenvalue weighted by molar-refractivity contribution is 0.323. The maximum Gasteiger partial charge on any atom is 0.205 e. The lowest BCUT2D eigenvalue weighted by Gasteiger charge is -2.27. The normalized spacial score (nSPS) is 15.7. The van der Waals surface area contributed by atoms with Crippen LogP contribution >= 0.6 is 0 Å². The molecule has 0 saturated heterocycles. The van der Waals surface area contributed by atoms with Crippen LogP contribution in [-0.4, -0.2) is 21.3 Å². The second-order valence-corrected chi connectivity index (χ2v) is 5.42. The average Bonchev–Trinajstić information content (AvgIpc) is 2.65. The summed E-state index contributed by atoms with van der Waals surface area (Å²) in [6.07, 6.45) is 0. The molecule has 1 heterocycles. The molecule has 0 unspecified atom stereocenters. The van der Waals surface area contributed by atoms with Crippen LogP contribution < -0.4 is 24.7 Å². The van der Waals surface area contributed by atoms with Crippen molar-refractivity contribution < 1.29 is 18.9 Å². The molecule has 0 aliphatic carbocycles. The van der Waals surface area contributed by atoms with E-state index in [0.717, 1.165) is 11.1 Å². The van der Waals surface area contributed by atoms with Gasteiger partial charge in [-0.05, 0) is 23.8 Å². The van der Waals surface area contributed by atoms with Gasteiger partial charge in [0, 0.05) is 5.56 Å². The zero-order valence-corrected chi connectivity index (χ0v) is 14.2. The average molecular weight is 338 g/mol. The SMILES string of the molecule is COc1cc([C@@H]2C(C#N)=C(N)Oc3ccccc32)cc(OC)c1OC. The monoisotopic (exact) mass is 338 g/mol. The molecule has 128 valence electrons. The summed E-state index contributed by atoms with van der Waals surface area (Å²) in [5.41, 5.74) is 7.96. The third-order valence-corrected chi connectivity index (χ3v) is 4.14. The predicted molar refractivity (Wildman–Crippen MR) is 91.8 cm³/mol. The zero-order valence-electron chi connectivity index (χ0n) is 14.2. The molecule has 6 nitrogen and oxygen atoms in total. The first kappa shape index (κ1) is 16.5. The number of nitriles is 1. The molecule has 2 aromatic carbocycles. The first-order chi connectivity index (χ1) is 12.1. The summed E-state index contributed by atoms with van der Waals surface area (Å²) in [4.78, 5) is 0. The summed E-state index contributed by atoms with van der Waals surface area (Å²) in [6.45, 7) is 0. The van der Waals surface area contributed by atoms with Gasteiger partial charge >= 0.3 is 0 Å². The largest absolute Gasteiger partial charge is 0.493 e. The topological polar surface area (TPSA) is 86.7 Å². The van der Waals surface area contributed by atoms with Crippen LogP contribution in [0.3, 0.4) is 0 Å². The van der Waals surface area contributed by atoms with E-state index in [1.54, 1.807) is 21.3 Å². The third kappa shape index (κ3) is 2.70. The molecule has 0 spiro atoms. The number of hydrogen-bond donors (Lipinski definition) is 1. The van der Waals surface area contributed by atoms with E-state index in [0.29, 0.717) is 28.6 Å². The predicted octanol–water partition coefficient (Wildman–Crippen LogP) is 2.93. The second-order valence-electron chi connectivity index (χ2n) is 5.42. The molecule has 1 aliphatic rings. The summed E-state index contributed by atoms with van der Waals surface area (Å²) in [5.74, 6) is 1.85. The Bertz CT molecular complexity index is 858. The number of ether oxygens (including phenoxy) is 4. The molecule has 0 radical (unpaired) electrons. The van der Waals surface area contributed by atoms with Gasteiger partial charge in [-0.25, -0.2) is 0 Å². The number of methoxy groups -OCH3 is 3. The summed E-state index contributed by atoms with van der Waals surface area (Å²) in [6, 6.07) is 13.3. The molecular weight excluding hydrogens is 320 g/mol. The van der Waals surface area contributed by atoms with Crippen molar-refractivity contribution in [2.24, 2.45) is 5.73 Å². The van der Waals surface area contributed by atoms with Crippen LogP contribution in [0.25, 0.3) is 0 Å². The first-order valence-corrected chi connectivity index (χ1v) is 7.61. The van der Waals surface area contributed by atoms with E-state index in [9.17, 15) is 5.26 Å². The highest BCUT2D eigenvalue weighted by atomic mass is 16.5. The van der Waals surface area contributed by atoms with Crippen LogP contribution in [0.1, 0.15) is 17.0 Å². The summed E-state index contributed by atoms with van der Waals surface area (Å²) in [5, 5.41) is 9.62. The summed E-state index contributed by atoms with van der Waals surface area (Å²) >= 11 is 0. The van der Waals surface area contributed by atoms with Crippen LogP contribution in [0.2, 0.25) is 0 Å². The van der Waals surface area contributed by atoms with Gasteiger partial charge in [-0.3, -0.25) is 0 Å². The van der Waals surface area contributed by atoms with Crippen LogP contribution in [-0.2, 0) is 0 Å². The smallest absolute Gasteiger partial charge is 0.205 e. The number of nitrogens with two attached hydrogens (primary N) is 1. The Morgan fingerprint density at radius 1 is 1.04 bits per heavy atom. The van der Waals surface area contributed by atoms with Crippen molar-refractivity contribution in [1.82, 2.24) is 0 Å². The minimum absolute atomic E-state index is 0.0972. The molecule has 0 amide bonds. The van der Waals surface area contributed by atoms with Gasteiger partial charge in [-0.15, -0.1) is 0 Å². The molecule has 0 saturated carbocycles. The molecule has 2 N–H and O–H groups in total. The van der Waals surface area contributed by atoms with Crippen molar-refractivity contribution in [3.05, 3.63) is 59.0 Å². The Morgan fingerprint density at radius 3 is 2.24 bits per heavy atom. The van der Waals surface area contributed by atoms with Gasteiger partial charge < -0.3 is 24.7 Å². The fourth-order valence-electron chi connectivity index (χ4n) is 3.02. The Morgan fingerprint density at radius 2 is 1.68 bits per heavy atom. The van der Waals surface area contributed by atoms with E-state index in [1.807, 2.05) is 36.4 Å². The highest BCUT2D eigenvalue weighted by Gasteiger charge is 2.31. The highest BCUT2D eigenvalue weighted by Crippen LogP contribution is 2.46. The van der Waals surface area contributed by atoms with Gasteiger partial charge in [-0.2, -0.15) is 5.26 Å². The molecular formula is C19H18N2O4. The summed E-state index contributed by atoms with van der Waals surface area (Å²) < 4.78 is 21.8. The van der Waals surface area contributed by atoms with Crippen molar-refractivity contribution in [3.8, 4) is 29.1 Å². The zero-order chi connectivity index (χ0) is 18.0. The summed E-state index contributed by atoms with van der Waals surface area (Å²) in [7, 11) is 4.64. The second kappa shape index (κ2) is 6.65. The Hall–Kier alpha value is -3.33. The van der Waals surface area contributed by atoms with Crippen LogP contribution in [0.15, 0.2) is 47.9 Å². The number of allylic oxidation sites excluding steroid dienone is 1. The van der Waals surface area contributed by atoms with E-state index < -0.39 is 0 Å². The molecule has 6 heteroatoms. The van der Waals surface area contributed by atoms with Gasteiger partial charge in [0.1, 0.15) is 17.4 Å². The lowest BCUT2D eigenvalue weighted by atomic mass is 9.83. The minimum Gasteiger partial charge on any atom is -0.493 e. The maximum atomic E-state index is 9.62. The molecule has 1 aliphatic heterocycles. The quantitative estimate of drug-likeness (QED) is 0.922. The van der Waals surface area contributed by atoms with Crippen LogP contribution in [0, 0.1) is 11.3 Å². The van der Waals surface area contributed by atoms with Crippen LogP contribution in [0.4, 0.5) is 0 Å². The highest BCUT2D eigenvalue weighted by molar-refractivity contribution is 5.61. The van der Waals surface area contributed by atoms with E-state index >= 15 is 0 Å². The molecule has 0 aromatic heterocycles. The number of hydrogen-bond acceptors (Lipinski definition) is 6. The third-order valence-electron chi connectivity index (χ3n) is 4.14. The number of benzene rings is 2. The van der Waals surface area contributed by atoms with E-state index in [1.165, 1.54) is 0 Å². The number of fused-ring (bicyclic) bond motifs is 1. The maximum absolute atomic E-state index is 9.62. The van der Waals surface area contributed by atoms with E-state index in [4.69, 9.17) is 24.7 Å². The van der Waals surface area contributed by atoms with Gasteiger partial charge in [-0.1, -0.05) is 18.2 Å². The Kier molecular flexibility index (Phi) is 4.40. The van der Waals surface area contributed by atoms with Crippen molar-refractivity contribution in [2.75, 3.05) is 21.3 Å². The first-order valence-electron chi connectivity index (χ1n) is 7.61. The van der Waals surface area contributed by atoms with Crippen molar-refractivity contribution in [2.45, 2.75) is 5.92 Å². The fraction of sp³-hybridized carbons (Fsp3) is 0.211. The fourth-order valence-corrected chi connectivity index (χ4v) is 3.02. The lowest BCUT2D eigenvalue weighted by Crippen LogP contribution is -2.21.